The van der Waals surface area contributed by atoms with Crippen LogP contribution in [0.3, 0.4) is 0 Å². The molecule has 0 fully saturated rings. The van der Waals surface area contributed by atoms with Crippen molar-refractivity contribution in [2.45, 2.75) is 51.7 Å². The third-order valence-corrected chi connectivity index (χ3v) is 2.47. The van der Waals surface area contributed by atoms with E-state index in [0.717, 1.165) is 0 Å². The summed E-state index contributed by atoms with van der Waals surface area (Å²) in [5.41, 5.74) is 0. The first-order valence-electron chi connectivity index (χ1n) is 6.21. The Bertz CT molecular complexity index is 227. The minimum Gasteiger partial charge on any atom is -0.479 e. The number of carboxylic acids is 2. The molecule has 0 saturated heterocycles. The van der Waals surface area contributed by atoms with Gasteiger partial charge in [-0.05, 0) is 26.7 Å². The lowest BCUT2D eigenvalue weighted by Crippen LogP contribution is -2.25. The van der Waals surface area contributed by atoms with E-state index in [1.54, 1.807) is 13.8 Å². The summed E-state index contributed by atoms with van der Waals surface area (Å²) in [5, 5.41) is 17.7. The molecule has 0 spiro atoms. The van der Waals surface area contributed by atoms with Gasteiger partial charge in [-0.1, -0.05) is 12.8 Å². The summed E-state index contributed by atoms with van der Waals surface area (Å²) in [7, 11) is 0. The summed E-state index contributed by atoms with van der Waals surface area (Å²) in [6.07, 6.45) is 0.390. The van der Waals surface area contributed by atoms with Crippen LogP contribution in [0.25, 0.3) is 0 Å². The second-order valence-corrected chi connectivity index (χ2v) is 3.85. The minimum absolute atomic E-state index is 0.355. The zero-order chi connectivity index (χ0) is 14.0. The second kappa shape index (κ2) is 9.85. The van der Waals surface area contributed by atoms with Gasteiger partial charge in [0.25, 0.3) is 0 Å². The van der Waals surface area contributed by atoms with Crippen LogP contribution in [0.4, 0.5) is 0 Å². The molecular weight excluding hydrogens is 240 g/mol. The Balaban J connectivity index is 3.87. The van der Waals surface area contributed by atoms with Gasteiger partial charge in [0.2, 0.25) is 0 Å². The van der Waals surface area contributed by atoms with Crippen LogP contribution in [0.5, 0.6) is 0 Å². The lowest BCUT2D eigenvalue weighted by Gasteiger charge is -2.14. The van der Waals surface area contributed by atoms with Crippen LogP contribution in [0, 0.1) is 0 Å². The molecule has 6 nitrogen and oxygen atoms in total. The predicted molar refractivity (Wildman–Crippen MR) is 64.6 cm³/mol. The third-order valence-electron chi connectivity index (χ3n) is 2.47. The van der Waals surface area contributed by atoms with E-state index in [-0.39, 0.29) is 0 Å². The van der Waals surface area contributed by atoms with E-state index in [2.05, 4.69) is 0 Å². The molecule has 106 valence electrons. The van der Waals surface area contributed by atoms with E-state index in [0.29, 0.717) is 38.9 Å². The maximum atomic E-state index is 10.8. The summed E-state index contributed by atoms with van der Waals surface area (Å²) in [6.45, 7) is 4.19. The largest absolute Gasteiger partial charge is 0.479 e. The first-order valence-corrected chi connectivity index (χ1v) is 6.21. The molecule has 0 aliphatic heterocycles. The maximum Gasteiger partial charge on any atom is 0.332 e. The molecule has 0 aromatic carbocycles. The van der Waals surface area contributed by atoms with Crippen LogP contribution >= 0.6 is 0 Å². The lowest BCUT2D eigenvalue weighted by atomic mass is 10.1. The van der Waals surface area contributed by atoms with Gasteiger partial charge in [-0.2, -0.15) is 0 Å². The Morgan fingerprint density at radius 3 is 1.44 bits per heavy atom. The van der Waals surface area contributed by atoms with Gasteiger partial charge in [0.15, 0.2) is 12.2 Å². The normalized spacial score (nSPS) is 14.1. The number of hydrogen-bond acceptors (Lipinski definition) is 4. The Morgan fingerprint density at radius 2 is 1.22 bits per heavy atom. The van der Waals surface area contributed by atoms with E-state index in [9.17, 15) is 9.59 Å². The molecule has 0 saturated carbocycles. The van der Waals surface area contributed by atoms with E-state index < -0.39 is 24.1 Å². The summed E-state index contributed by atoms with van der Waals surface area (Å²) in [6, 6.07) is 0. The average Bonchev–Trinajstić information content (AvgIpc) is 2.30. The number of carboxylic acid groups (broad SMARTS) is 2. The third kappa shape index (κ3) is 7.24. The Hall–Kier alpha value is -1.14. The predicted octanol–water partition coefficient (Wildman–Crippen LogP) is 1.53. The topological polar surface area (TPSA) is 93.1 Å². The molecule has 0 heterocycles. The zero-order valence-electron chi connectivity index (χ0n) is 10.9. The van der Waals surface area contributed by atoms with Gasteiger partial charge in [0, 0.05) is 13.2 Å². The molecule has 2 N–H and O–H groups in total. The van der Waals surface area contributed by atoms with Crippen LogP contribution < -0.4 is 0 Å². The molecule has 18 heavy (non-hydrogen) atoms. The second-order valence-electron chi connectivity index (χ2n) is 3.85. The van der Waals surface area contributed by atoms with Gasteiger partial charge in [0.05, 0.1) is 0 Å². The standard InChI is InChI=1S/C12H22O6/c1-3-17-9(11(13)14)7-5-6-8-10(12(15)16)18-4-2/h9-10H,3-8H2,1-2H3,(H,13,14)(H,15,16). The Labute approximate surface area is 107 Å². The Morgan fingerprint density at radius 1 is 0.889 bits per heavy atom. The molecule has 0 radical (unpaired) electrons. The molecule has 0 amide bonds. The smallest absolute Gasteiger partial charge is 0.332 e. The van der Waals surface area contributed by atoms with E-state index in [1.165, 1.54) is 0 Å². The number of aliphatic carboxylic acids is 2. The first-order chi connectivity index (χ1) is 8.52. The number of hydrogen-bond donors (Lipinski definition) is 2. The highest BCUT2D eigenvalue weighted by Crippen LogP contribution is 2.11. The lowest BCUT2D eigenvalue weighted by molar-refractivity contribution is -0.152. The van der Waals surface area contributed by atoms with Gasteiger partial charge >= 0.3 is 11.9 Å². The van der Waals surface area contributed by atoms with Crippen LogP contribution in [-0.2, 0) is 19.1 Å². The van der Waals surface area contributed by atoms with Crippen LogP contribution in [0.15, 0.2) is 0 Å². The van der Waals surface area contributed by atoms with Crippen molar-refractivity contribution in [1.82, 2.24) is 0 Å². The van der Waals surface area contributed by atoms with Crippen molar-refractivity contribution in [2.24, 2.45) is 0 Å². The van der Waals surface area contributed by atoms with Gasteiger partial charge in [-0.15, -0.1) is 0 Å². The van der Waals surface area contributed by atoms with Crippen molar-refractivity contribution >= 4 is 11.9 Å². The van der Waals surface area contributed by atoms with Crippen LogP contribution in [0.1, 0.15) is 39.5 Å². The summed E-state index contributed by atoms with van der Waals surface area (Å²) < 4.78 is 10.1. The van der Waals surface area contributed by atoms with Crippen molar-refractivity contribution in [1.29, 1.82) is 0 Å². The van der Waals surface area contributed by atoms with Gasteiger partial charge in [-0.25, -0.2) is 9.59 Å². The monoisotopic (exact) mass is 262 g/mol. The number of carbonyl (C=O) groups is 2. The molecule has 6 heteroatoms. The number of rotatable bonds is 11. The zero-order valence-corrected chi connectivity index (χ0v) is 10.9. The van der Waals surface area contributed by atoms with Crippen LogP contribution in [0.2, 0.25) is 0 Å². The molecule has 0 bridgehead atoms. The van der Waals surface area contributed by atoms with E-state index in [4.69, 9.17) is 19.7 Å². The van der Waals surface area contributed by atoms with Crippen molar-refractivity contribution < 1.29 is 29.3 Å². The quantitative estimate of drug-likeness (QED) is 0.548. The molecule has 2 unspecified atom stereocenters. The molecule has 0 rings (SSSR count). The first kappa shape index (κ1) is 16.9. The van der Waals surface area contributed by atoms with E-state index in [1.807, 2.05) is 0 Å². The van der Waals surface area contributed by atoms with Crippen molar-refractivity contribution in [3.8, 4) is 0 Å². The molecule has 0 aromatic heterocycles. The van der Waals surface area contributed by atoms with Crippen molar-refractivity contribution in [3.63, 3.8) is 0 Å². The minimum atomic E-state index is -0.976. The van der Waals surface area contributed by atoms with Crippen molar-refractivity contribution in [3.05, 3.63) is 0 Å². The van der Waals surface area contributed by atoms with Gasteiger partial charge in [0.1, 0.15) is 0 Å². The Kier molecular flexibility index (Phi) is 9.22. The highest BCUT2D eigenvalue weighted by Gasteiger charge is 2.19. The van der Waals surface area contributed by atoms with E-state index >= 15 is 0 Å². The fourth-order valence-corrected chi connectivity index (χ4v) is 1.62. The molecule has 0 aromatic rings. The highest BCUT2D eigenvalue weighted by molar-refractivity contribution is 5.72. The fraction of sp³-hybridized carbons (Fsp3) is 0.833. The fourth-order valence-electron chi connectivity index (χ4n) is 1.62. The molecule has 0 aliphatic rings. The van der Waals surface area contributed by atoms with Gasteiger partial charge < -0.3 is 19.7 Å². The maximum absolute atomic E-state index is 10.8. The SMILES string of the molecule is CCOC(CCCCC(OCC)C(=O)O)C(=O)O. The number of unbranched alkanes of at least 4 members (excludes halogenated alkanes) is 1. The van der Waals surface area contributed by atoms with Gasteiger partial charge in [-0.3, -0.25) is 0 Å². The summed E-state index contributed by atoms with van der Waals surface area (Å²) >= 11 is 0. The summed E-state index contributed by atoms with van der Waals surface area (Å²) in [5.74, 6) is -1.95. The van der Waals surface area contributed by atoms with Crippen molar-refractivity contribution in [2.75, 3.05) is 13.2 Å². The van der Waals surface area contributed by atoms with Crippen LogP contribution in [-0.4, -0.2) is 47.6 Å². The molecular formula is C12H22O6. The molecule has 0 aliphatic carbocycles. The average molecular weight is 262 g/mol. The number of ether oxygens (including phenoxy) is 2. The molecule has 2 atom stereocenters. The summed E-state index contributed by atoms with van der Waals surface area (Å²) in [4.78, 5) is 21.6. The highest BCUT2D eigenvalue weighted by atomic mass is 16.5.